The molecule has 1 heterocycles. The maximum Gasteiger partial charge on any atom is 0.326 e. The van der Waals surface area contributed by atoms with Crippen molar-refractivity contribution in [2.24, 2.45) is 5.41 Å². The summed E-state index contributed by atoms with van der Waals surface area (Å²) in [4.78, 5) is 34.1. The molecule has 176 valence electrons. The van der Waals surface area contributed by atoms with Gasteiger partial charge in [-0.1, -0.05) is 78.9 Å². The van der Waals surface area contributed by atoms with Gasteiger partial charge in [-0.15, -0.1) is 0 Å². The fraction of sp³-hybridized carbons (Fsp3) is 0.286. The van der Waals surface area contributed by atoms with E-state index < -0.39 is 29.5 Å². The van der Waals surface area contributed by atoms with E-state index in [9.17, 15) is 9.59 Å². The van der Waals surface area contributed by atoms with Gasteiger partial charge in [-0.3, -0.25) is 14.4 Å². The molecule has 6 nitrogen and oxygen atoms in total. The van der Waals surface area contributed by atoms with Crippen LogP contribution in [0.15, 0.2) is 91.0 Å². The summed E-state index contributed by atoms with van der Waals surface area (Å²) in [6.07, 6.45) is -0.493. The van der Waals surface area contributed by atoms with E-state index in [1.54, 1.807) is 18.9 Å². The second-order valence-corrected chi connectivity index (χ2v) is 8.10. The van der Waals surface area contributed by atoms with Gasteiger partial charge in [0.2, 0.25) is 0 Å². The van der Waals surface area contributed by atoms with Gasteiger partial charge in [-0.05, 0) is 37.1 Å². The van der Waals surface area contributed by atoms with Crippen LogP contribution in [-0.2, 0) is 23.9 Å². The zero-order chi connectivity index (χ0) is 24.0. The largest absolute Gasteiger partial charge is 0.465 e. The molecule has 0 aromatic heterocycles. The molecular formula is C28H29NO5. The molecule has 2 atom stereocenters. The second kappa shape index (κ2) is 10.5. The number of carbonyl (C=O) groups is 2. The van der Waals surface area contributed by atoms with Gasteiger partial charge in [-0.2, -0.15) is 0 Å². The standard InChI is InChI=1S/C28H29NO5/c1-3-32-26(30)28(27(31)33-4-2)20-24(21-14-8-5-9-15-21)34-29(23-18-12-7-13-19-23)25(28)22-16-10-6-11-17-22/h5-19,24-25H,3-4,20H2,1-2H3/t24-,25-/m1/s1. The Balaban J connectivity index is 1.97. The van der Waals surface area contributed by atoms with Gasteiger partial charge >= 0.3 is 11.9 Å². The Labute approximate surface area is 200 Å². The molecule has 0 saturated carbocycles. The highest BCUT2D eigenvalue weighted by atomic mass is 16.7. The SMILES string of the molecule is CCOC(=O)C1(C(=O)OCC)C[C@H](c2ccccc2)ON(c2ccccc2)[C@@H]1c1ccccc1. The lowest BCUT2D eigenvalue weighted by molar-refractivity contribution is -0.189. The fourth-order valence-corrected chi connectivity index (χ4v) is 4.52. The normalized spacial score (nSPS) is 19.3. The van der Waals surface area contributed by atoms with Gasteiger partial charge in [0.25, 0.3) is 0 Å². The van der Waals surface area contributed by atoms with Crippen LogP contribution in [0, 0.1) is 5.41 Å². The maximum absolute atomic E-state index is 13.8. The number of nitrogens with zero attached hydrogens (tertiary/aromatic N) is 1. The highest BCUT2D eigenvalue weighted by Gasteiger charge is 2.62. The number of hydrogen-bond acceptors (Lipinski definition) is 6. The number of carbonyl (C=O) groups excluding carboxylic acids is 2. The third kappa shape index (κ3) is 4.41. The Morgan fingerprint density at radius 1 is 0.794 bits per heavy atom. The number of anilines is 1. The average Bonchev–Trinajstić information content (AvgIpc) is 2.89. The minimum absolute atomic E-state index is 0.0809. The van der Waals surface area contributed by atoms with Gasteiger partial charge in [0.15, 0.2) is 5.41 Å². The molecular weight excluding hydrogens is 430 g/mol. The predicted molar refractivity (Wildman–Crippen MR) is 129 cm³/mol. The first-order chi connectivity index (χ1) is 16.6. The van der Waals surface area contributed by atoms with Crippen molar-refractivity contribution in [2.45, 2.75) is 32.4 Å². The van der Waals surface area contributed by atoms with Crippen molar-refractivity contribution in [1.29, 1.82) is 0 Å². The number of benzene rings is 3. The van der Waals surface area contributed by atoms with Crippen molar-refractivity contribution in [2.75, 3.05) is 18.3 Å². The van der Waals surface area contributed by atoms with E-state index >= 15 is 0 Å². The van der Waals surface area contributed by atoms with E-state index in [1.807, 2.05) is 91.0 Å². The summed E-state index contributed by atoms with van der Waals surface area (Å²) in [5.41, 5.74) is 0.670. The molecule has 4 rings (SSSR count). The summed E-state index contributed by atoms with van der Waals surface area (Å²) >= 11 is 0. The Hall–Kier alpha value is -3.64. The van der Waals surface area contributed by atoms with Gasteiger partial charge in [-0.25, -0.2) is 5.06 Å². The lowest BCUT2D eigenvalue weighted by Gasteiger charge is -2.49. The molecule has 0 aliphatic carbocycles. The van der Waals surface area contributed by atoms with Gasteiger partial charge < -0.3 is 9.47 Å². The van der Waals surface area contributed by atoms with Crippen LogP contribution >= 0.6 is 0 Å². The predicted octanol–water partition coefficient (Wildman–Crippen LogP) is 5.42. The van der Waals surface area contributed by atoms with Crippen molar-refractivity contribution >= 4 is 17.6 Å². The first-order valence-corrected chi connectivity index (χ1v) is 11.6. The number of esters is 2. The molecule has 1 aliphatic heterocycles. The van der Waals surface area contributed by atoms with Crippen molar-refractivity contribution < 1.29 is 23.9 Å². The number of hydrogen-bond donors (Lipinski definition) is 0. The minimum Gasteiger partial charge on any atom is -0.465 e. The van der Waals surface area contributed by atoms with Crippen molar-refractivity contribution in [3.8, 4) is 0 Å². The van der Waals surface area contributed by atoms with Gasteiger partial charge in [0, 0.05) is 6.42 Å². The average molecular weight is 460 g/mol. The molecule has 3 aromatic carbocycles. The van der Waals surface area contributed by atoms with E-state index in [4.69, 9.17) is 14.3 Å². The van der Waals surface area contributed by atoms with E-state index in [0.29, 0.717) is 0 Å². The zero-order valence-electron chi connectivity index (χ0n) is 19.4. The first-order valence-electron chi connectivity index (χ1n) is 11.6. The van der Waals surface area contributed by atoms with Crippen LogP contribution in [0.2, 0.25) is 0 Å². The molecule has 0 spiro atoms. The van der Waals surface area contributed by atoms with E-state index in [2.05, 4.69) is 0 Å². The van der Waals surface area contributed by atoms with E-state index in [-0.39, 0.29) is 19.6 Å². The van der Waals surface area contributed by atoms with Crippen LogP contribution in [0.1, 0.15) is 43.5 Å². The quantitative estimate of drug-likeness (QED) is 0.347. The molecule has 3 aromatic rings. The molecule has 1 fully saturated rings. The van der Waals surface area contributed by atoms with Crippen LogP contribution < -0.4 is 5.06 Å². The topological polar surface area (TPSA) is 65.1 Å². The summed E-state index contributed by atoms with van der Waals surface area (Å²) in [6, 6.07) is 27.7. The Morgan fingerprint density at radius 3 is 1.76 bits per heavy atom. The highest BCUT2D eigenvalue weighted by molar-refractivity contribution is 6.02. The summed E-state index contributed by atoms with van der Waals surface area (Å²) in [5, 5.41) is 1.67. The molecule has 1 aliphatic rings. The summed E-state index contributed by atoms with van der Waals surface area (Å²) < 4.78 is 11.1. The number of ether oxygens (including phenoxy) is 2. The highest BCUT2D eigenvalue weighted by Crippen LogP contribution is 2.53. The summed E-state index contributed by atoms with van der Waals surface area (Å²) in [7, 11) is 0. The van der Waals surface area contributed by atoms with Crippen molar-refractivity contribution in [3.05, 3.63) is 102 Å². The van der Waals surface area contributed by atoms with Crippen molar-refractivity contribution in [3.63, 3.8) is 0 Å². The van der Waals surface area contributed by atoms with Crippen LogP contribution in [0.25, 0.3) is 0 Å². The maximum atomic E-state index is 13.8. The molecule has 0 N–H and O–H groups in total. The van der Waals surface area contributed by atoms with Crippen LogP contribution in [-0.4, -0.2) is 25.2 Å². The molecule has 0 amide bonds. The molecule has 1 saturated heterocycles. The molecule has 34 heavy (non-hydrogen) atoms. The molecule has 0 bridgehead atoms. The number of rotatable bonds is 7. The van der Waals surface area contributed by atoms with Crippen LogP contribution in [0.3, 0.4) is 0 Å². The van der Waals surface area contributed by atoms with E-state index in [0.717, 1.165) is 16.8 Å². The van der Waals surface area contributed by atoms with E-state index in [1.165, 1.54) is 0 Å². The minimum atomic E-state index is -1.65. The molecule has 6 heteroatoms. The van der Waals surface area contributed by atoms with Crippen LogP contribution in [0.4, 0.5) is 5.69 Å². The van der Waals surface area contributed by atoms with Gasteiger partial charge in [0.05, 0.1) is 18.9 Å². The summed E-state index contributed by atoms with van der Waals surface area (Å²) in [5.74, 6) is -1.24. The smallest absolute Gasteiger partial charge is 0.326 e. The Kier molecular flexibility index (Phi) is 7.28. The third-order valence-corrected chi connectivity index (χ3v) is 6.03. The van der Waals surface area contributed by atoms with Crippen LogP contribution in [0.5, 0.6) is 0 Å². The zero-order valence-corrected chi connectivity index (χ0v) is 19.4. The number of hydroxylamine groups is 1. The Bertz CT molecular complexity index is 1070. The first kappa shape index (κ1) is 23.5. The Morgan fingerprint density at radius 2 is 1.26 bits per heavy atom. The third-order valence-electron chi connectivity index (χ3n) is 6.03. The lowest BCUT2D eigenvalue weighted by Crippen LogP contribution is -2.57. The molecule has 0 radical (unpaired) electrons. The number of para-hydroxylation sites is 1. The molecule has 0 unspecified atom stereocenters. The monoisotopic (exact) mass is 459 g/mol. The lowest BCUT2D eigenvalue weighted by atomic mass is 9.70. The van der Waals surface area contributed by atoms with Gasteiger partial charge in [0.1, 0.15) is 12.1 Å². The summed E-state index contributed by atoms with van der Waals surface area (Å²) in [6.45, 7) is 3.75. The fourth-order valence-electron chi connectivity index (χ4n) is 4.52. The van der Waals surface area contributed by atoms with Crippen molar-refractivity contribution in [1.82, 2.24) is 0 Å². The second-order valence-electron chi connectivity index (χ2n) is 8.10.